The Morgan fingerprint density at radius 3 is 2.59 bits per heavy atom. The van der Waals surface area contributed by atoms with Crippen LogP contribution in [0.2, 0.25) is 0 Å². The molecule has 0 saturated carbocycles. The van der Waals surface area contributed by atoms with Gasteiger partial charge in [0, 0.05) is 13.6 Å². The summed E-state index contributed by atoms with van der Waals surface area (Å²) in [5.74, 6) is 0.723. The van der Waals surface area contributed by atoms with Crippen molar-refractivity contribution in [2.45, 2.75) is 25.8 Å². The molecular formula is C22H26N2O5. The zero-order chi connectivity index (χ0) is 21.0. The number of carbonyl (C=O) groups is 1. The molecule has 0 aliphatic carbocycles. The van der Waals surface area contributed by atoms with E-state index in [0.29, 0.717) is 29.1 Å². The molecule has 0 aliphatic rings. The SMILES string of the molecule is COc1ccc(CCCN(C)C(=O)[C@@H](C)n2c(=O)oc3ccccc32)cc1OC. The van der Waals surface area contributed by atoms with Crippen molar-refractivity contribution in [3.8, 4) is 11.5 Å². The summed E-state index contributed by atoms with van der Waals surface area (Å²) in [5.41, 5.74) is 2.21. The second-order valence-electron chi connectivity index (χ2n) is 6.93. The Bertz CT molecular complexity index is 1050. The van der Waals surface area contributed by atoms with E-state index in [1.54, 1.807) is 51.3 Å². The quantitative estimate of drug-likeness (QED) is 0.582. The number of fused-ring (bicyclic) bond motifs is 1. The van der Waals surface area contributed by atoms with Crippen LogP contribution >= 0.6 is 0 Å². The van der Waals surface area contributed by atoms with Gasteiger partial charge in [-0.3, -0.25) is 9.36 Å². The van der Waals surface area contributed by atoms with Crippen LogP contribution in [-0.4, -0.2) is 43.2 Å². The van der Waals surface area contributed by atoms with Crippen molar-refractivity contribution < 1.29 is 18.7 Å². The van der Waals surface area contributed by atoms with E-state index < -0.39 is 11.8 Å². The van der Waals surface area contributed by atoms with E-state index in [1.807, 2.05) is 24.3 Å². The lowest BCUT2D eigenvalue weighted by Crippen LogP contribution is -2.36. The molecule has 0 N–H and O–H groups in total. The summed E-state index contributed by atoms with van der Waals surface area (Å²) in [5, 5.41) is 0. The van der Waals surface area contributed by atoms with Gasteiger partial charge >= 0.3 is 5.76 Å². The number of methoxy groups -OCH3 is 2. The van der Waals surface area contributed by atoms with Gasteiger partial charge < -0.3 is 18.8 Å². The predicted octanol–water partition coefficient (Wildman–Crippen LogP) is 3.26. The van der Waals surface area contributed by atoms with Crippen LogP contribution in [0.15, 0.2) is 51.7 Å². The van der Waals surface area contributed by atoms with Crippen LogP contribution in [0.3, 0.4) is 0 Å². The molecule has 0 spiro atoms. The smallest absolute Gasteiger partial charge is 0.420 e. The lowest BCUT2D eigenvalue weighted by atomic mass is 10.1. The molecule has 7 nitrogen and oxygen atoms in total. The Morgan fingerprint density at radius 1 is 1.14 bits per heavy atom. The van der Waals surface area contributed by atoms with Crippen molar-refractivity contribution in [2.75, 3.05) is 27.8 Å². The van der Waals surface area contributed by atoms with Crippen molar-refractivity contribution in [1.29, 1.82) is 0 Å². The zero-order valence-corrected chi connectivity index (χ0v) is 17.2. The van der Waals surface area contributed by atoms with E-state index in [4.69, 9.17) is 13.9 Å². The third-order valence-corrected chi connectivity index (χ3v) is 5.05. The number of para-hydroxylation sites is 2. The number of ether oxygens (including phenoxy) is 2. The normalized spacial score (nSPS) is 12.0. The molecule has 1 atom stereocenters. The number of likely N-dealkylation sites (N-methyl/N-ethyl adjacent to an activating group) is 1. The first-order valence-electron chi connectivity index (χ1n) is 9.52. The van der Waals surface area contributed by atoms with E-state index in [9.17, 15) is 9.59 Å². The Kier molecular flexibility index (Phi) is 6.26. The van der Waals surface area contributed by atoms with Crippen LogP contribution in [0.4, 0.5) is 0 Å². The number of rotatable bonds is 8. The Labute approximate surface area is 169 Å². The highest BCUT2D eigenvalue weighted by Gasteiger charge is 2.23. The lowest BCUT2D eigenvalue weighted by molar-refractivity contribution is -0.133. The average molecular weight is 398 g/mol. The third-order valence-electron chi connectivity index (χ3n) is 5.05. The highest BCUT2D eigenvalue weighted by Crippen LogP contribution is 2.28. The molecule has 1 aromatic heterocycles. The molecule has 1 amide bonds. The van der Waals surface area contributed by atoms with Crippen LogP contribution in [0.5, 0.6) is 11.5 Å². The molecule has 0 aliphatic heterocycles. The first-order valence-corrected chi connectivity index (χ1v) is 9.52. The van der Waals surface area contributed by atoms with Crippen molar-refractivity contribution in [3.63, 3.8) is 0 Å². The number of carbonyl (C=O) groups excluding carboxylic acids is 1. The number of benzene rings is 2. The van der Waals surface area contributed by atoms with E-state index in [2.05, 4.69) is 0 Å². The monoisotopic (exact) mass is 398 g/mol. The molecule has 3 aromatic rings. The summed E-state index contributed by atoms with van der Waals surface area (Å²) < 4.78 is 17.2. The molecule has 0 radical (unpaired) electrons. The number of hydrogen-bond acceptors (Lipinski definition) is 5. The second kappa shape index (κ2) is 8.86. The Hall–Kier alpha value is -3.22. The van der Waals surface area contributed by atoms with Crippen LogP contribution < -0.4 is 15.2 Å². The average Bonchev–Trinajstić information content (AvgIpc) is 3.07. The minimum absolute atomic E-state index is 0.133. The number of aryl methyl sites for hydroxylation is 1. The summed E-state index contributed by atoms with van der Waals surface area (Å²) in [4.78, 5) is 26.7. The van der Waals surface area contributed by atoms with E-state index >= 15 is 0 Å². The second-order valence-corrected chi connectivity index (χ2v) is 6.93. The highest BCUT2D eigenvalue weighted by molar-refractivity contribution is 5.82. The number of aromatic nitrogens is 1. The third kappa shape index (κ3) is 4.29. The maximum Gasteiger partial charge on any atom is 0.420 e. The first kappa shape index (κ1) is 20.5. The molecule has 29 heavy (non-hydrogen) atoms. The number of hydrogen-bond donors (Lipinski definition) is 0. The Balaban J connectivity index is 1.63. The predicted molar refractivity (Wildman–Crippen MR) is 111 cm³/mol. The van der Waals surface area contributed by atoms with Crippen LogP contribution in [-0.2, 0) is 11.2 Å². The fourth-order valence-electron chi connectivity index (χ4n) is 3.45. The summed E-state index contributed by atoms with van der Waals surface area (Å²) >= 11 is 0. The van der Waals surface area contributed by atoms with Crippen molar-refractivity contribution >= 4 is 17.0 Å². The maximum absolute atomic E-state index is 12.9. The maximum atomic E-state index is 12.9. The lowest BCUT2D eigenvalue weighted by Gasteiger charge is -2.22. The van der Waals surface area contributed by atoms with E-state index in [1.165, 1.54) is 4.57 Å². The van der Waals surface area contributed by atoms with Crippen LogP contribution in [0.25, 0.3) is 11.1 Å². The van der Waals surface area contributed by atoms with Gasteiger partial charge in [-0.25, -0.2) is 4.79 Å². The van der Waals surface area contributed by atoms with Gasteiger partial charge in [-0.1, -0.05) is 18.2 Å². The van der Waals surface area contributed by atoms with Crippen molar-refractivity contribution in [2.24, 2.45) is 0 Å². The fourth-order valence-corrected chi connectivity index (χ4v) is 3.45. The van der Waals surface area contributed by atoms with Gasteiger partial charge in [0.2, 0.25) is 5.91 Å². The van der Waals surface area contributed by atoms with Gasteiger partial charge in [0.05, 0.1) is 19.7 Å². The molecule has 1 heterocycles. The molecule has 3 rings (SSSR count). The van der Waals surface area contributed by atoms with Gasteiger partial charge in [-0.05, 0) is 49.6 Å². The summed E-state index contributed by atoms with van der Waals surface area (Å²) in [6.45, 7) is 2.29. The zero-order valence-electron chi connectivity index (χ0n) is 17.2. The summed E-state index contributed by atoms with van der Waals surface area (Å²) in [6.07, 6.45) is 1.58. The number of amides is 1. The first-order chi connectivity index (χ1) is 14.0. The van der Waals surface area contributed by atoms with Crippen molar-refractivity contribution in [3.05, 3.63) is 58.6 Å². The molecule has 7 heteroatoms. The fraction of sp³-hybridized carbons (Fsp3) is 0.364. The highest BCUT2D eigenvalue weighted by atomic mass is 16.5. The van der Waals surface area contributed by atoms with Crippen LogP contribution in [0.1, 0.15) is 24.9 Å². The van der Waals surface area contributed by atoms with Gasteiger partial charge in [0.15, 0.2) is 17.1 Å². The number of oxazole rings is 1. The topological polar surface area (TPSA) is 73.9 Å². The molecule has 2 aromatic carbocycles. The minimum atomic E-state index is -0.641. The van der Waals surface area contributed by atoms with Gasteiger partial charge in [0.25, 0.3) is 0 Å². The summed E-state index contributed by atoms with van der Waals surface area (Å²) in [7, 11) is 4.96. The summed E-state index contributed by atoms with van der Waals surface area (Å²) in [6, 6.07) is 12.3. The Morgan fingerprint density at radius 2 is 1.86 bits per heavy atom. The van der Waals surface area contributed by atoms with Gasteiger partial charge in [0.1, 0.15) is 6.04 Å². The molecule has 0 bridgehead atoms. The molecule has 154 valence electrons. The number of nitrogens with zero attached hydrogens (tertiary/aromatic N) is 2. The molecular weight excluding hydrogens is 372 g/mol. The largest absolute Gasteiger partial charge is 0.493 e. The minimum Gasteiger partial charge on any atom is -0.493 e. The molecule has 0 saturated heterocycles. The van der Waals surface area contributed by atoms with Crippen LogP contribution in [0, 0.1) is 0 Å². The standard InChI is InChI=1S/C22H26N2O5/c1-15(24-17-9-5-6-10-18(17)29-22(24)26)21(25)23(2)13-7-8-16-11-12-19(27-3)20(14-16)28-4/h5-6,9-12,14-15H,7-8,13H2,1-4H3/t15-/m1/s1. The van der Waals surface area contributed by atoms with Gasteiger partial charge in [-0.2, -0.15) is 0 Å². The van der Waals surface area contributed by atoms with E-state index in [0.717, 1.165) is 18.4 Å². The van der Waals surface area contributed by atoms with Gasteiger partial charge in [-0.15, -0.1) is 0 Å². The molecule has 0 unspecified atom stereocenters. The molecule has 0 fully saturated rings. The van der Waals surface area contributed by atoms with Crippen molar-refractivity contribution in [1.82, 2.24) is 9.47 Å². The van der Waals surface area contributed by atoms with E-state index in [-0.39, 0.29) is 5.91 Å².